The highest BCUT2D eigenvalue weighted by atomic mass is 127. The molecule has 0 fully saturated rings. The van der Waals surface area contributed by atoms with Crippen molar-refractivity contribution in [2.24, 2.45) is 0 Å². The number of benzene rings is 1. The number of halogens is 1. The van der Waals surface area contributed by atoms with Gasteiger partial charge in [0.1, 0.15) is 11.8 Å². The molecule has 0 aliphatic heterocycles. The highest BCUT2D eigenvalue weighted by Gasteiger charge is 2.21. The fraction of sp³-hybridized carbons (Fsp3) is 0.214. The summed E-state index contributed by atoms with van der Waals surface area (Å²) in [7, 11) is 1.39. The normalized spacial score (nSPS) is 12.1. The highest BCUT2D eigenvalue weighted by Crippen LogP contribution is 2.23. The first-order valence-corrected chi connectivity index (χ1v) is 6.87. The van der Waals surface area contributed by atoms with Gasteiger partial charge in [-0.25, -0.2) is 4.79 Å². The van der Waals surface area contributed by atoms with Gasteiger partial charge in [0.05, 0.1) is 10.7 Å². The van der Waals surface area contributed by atoms with Crippen LogP contribution in [0.25, 0.3) is 0 Å². The van der Waals surface area contributed by atoms with Crippen LogP contribution >= 0.6 is 22.6 Å². The summed E-state index contributed by atoms with van der Waals surface area (Å²) in [4.78, 5) is 11.9. The number of ether oxygens (including phenoxy) is 1. The molecule has 5 heteroatoms. The Balaban J connectivity index is 2.25. The van der Waals surface area contributed by atoms with E-state index in [4.69, 9.17) is 4.74 Å². The van der Waals surface area contributed by atoms with Gasteiger partial charge in [-0.1, -0.05) is 6.07 Å². The average Bonchev–Trinajstić information content (AvgIpc) is 2.93. The van der Waals surface area contributed by atoms with Gasteiger partial charge in [0.25, 0.3) is 0 Å². The second-order valence-corrected chi connectivity index (χ2v) is 5.32. The lowest BCUT2D eigenvalue weighted by Crippen LogP contribution is -2.22. The third kappa shape index (κ3) is 3.28. The lowest BCUT2D eigenvalue weighted by molar-refractivity contribution is -0.144. The molecule has 0 amide bonds. The van der Waals surface area contributed by atoms with Crippen LogP contribution in [0.3, 0.4) is 0 Å². The summed E-state index contributed by atoms with van der Waals surface area (Å²) in [5, 5.41) is 9.51. The minimum atomic E-state index is -0.389. The summed E-state index contributed by atoms with van der Waals surface area (Å²) in [6.45, 7) is 0. The Morgan fingerprint density at radius 3 is 2.68 bits per heavy atom. The van der Waals surface area contributed by atoms with Crippen molar-refractivity contribution in [2.75, 3.05) is 7.11 Å². The Morgan fingerprint density at radius 1 is 1.42 bits per heavy atom. The van der Waals surface area contributed by atoms with Crippen molar-refractivity contribution in [3.05, 3.63) is 51.9 Å². The number of nitrogens with zero attached hydrogens (tertiary/aromatic N) is 1. The number of hydrogen-bond donors (Lipinski definition) is 1. The Morgan fingerprint density at radius 2 is 2.11 bits per heavy atom. The molecule has 0 saturated carbocycles. The molecule has 19 heavy (non-hydrogen) atoms. The topological polar surface area (TPSA) is 51.5 Å². The molecule has 1 unspecified atom stereocenters. The van der Waals surface area contributed by atoms with E-state index in [0.29, 0.717) is 6.42 Å². The molecule has 0 spiro atoms. The molecule has 1 aromatic heterocycles. The molecule has 1 N–H and O–H groups in total. The van der Waals surface area contributed by atoms with Crippen molar-refractivity contribution < 1.29 is 14.6 Å². The molecular formula is C14H14INO3. The first-order valence-electron chi connectivity index (χ1n) is 5.79. The fourth-order valence-corrected chi connectivity index (χ4v) is 2.48. The van der Waals surface area contributed by atoms with Crippen LogP contribution in [0.5, 0.6) is 5.75 Å². The zero-order chi connectivity index (χ0) is 13.8. The maximum absolute atomic E-state index is 11.9. The van der Waals surface area contributed by atoms with E-state index in [2.05, 4.69) is 22.6 Å². The number of aromatic hydroxyl groups is 1. The number of phenols is 1. The van der Waals surface area contributed by atoms with Crippen LogP contribution in [0.2, 0.25) is 0 Å². The average molecular weight is 371 g/mol. The third-order valence-electron chi connectivity index (χ3n) is 2.90. The number of carbonyl (C=O) groups excluding carboxylic acids is 1. The van der Waals surface area contributed by atoms with E-state index >= 15 is 0 Å². The molecule has 0 aliphatic rings. The highest BCUT2D eigenvalue weighted by molar-refractivity contribution is 14.1. The zero-order valence-corrected chi connectivity index (χ0v) is 12.6. The minimum Gasteiger partial charge on any atom is -0.507 e. The van der Waals surface area contributed by atoms with E-state index in [-0.39, 0.29) is 17.8 Å². The van der Waals surface area contributed by atoms with Crippen LogP contribution in [0.1, 0.15) is 11.6 Å². The lowest BCUT2D eigenvalue weighted by atomic mass is 10.1. The molecule has 0 bridgehead atoms. The molecular weight excluding hydrogens is 357 g/mol. The van der Waals surface area contributed by atoms with Gasteiger partial charge < -0.3 is 14.4 Å². The molecule has 2 aromatic rings. The van der Waals surface area contributed by atoms with E-state index in [9.17, 15) is 9.90 Å². The summed E-state index contributed by atoms with van der Waals surface area (Å²) >= 11 is 2.06. The van der Waals surface area contributed by atoms with Crippen LogP contribution < -0.4 is 0 Å². The first kappa shape index (κ1) is 13.9. The standard InChI is InChI=1S/C14H14INO3/c1-19-14(18)12(16-6-2-3-7-16)9-10-4-5-13(17)11(15)8-10/h2-8,12,17H,9H2,1H3. The molecule has 100 valence electrons. The van der Waals surface area contributed by atoms with Gasteiger partial charge in [0, 0.05) is 18.8 Å². The smallest absolute Gasteiger partial charge is 0.329 e. The quantitative estimate of drug-likeness (QED) is 0.664. The second-order valence-electron chi connectivity index (χ2n) is 4.16. The van der Waals surface area contributed by atoms with Gasteiger partial charge in [-0.3, -0.25) is 0 Å². The lowest BCUT2D eigenvalue weighted by Gasteiger charge is -2.17. The fourth-order valence-electron chi connectivity index (χ4n) is 1.90. The first-order chi connectivity index (χ1) is 9.11. The van der Waals surface area contributed by atoms with Crippen molar-refractivity contribution in [3.63, 3.8) is 0 Å². The van der Waals surface area contributed by atoms with Crippen molar-refractivity contribution in [2.45, 2.75) is 12.5 Å². The minimum absolute atomic E-state index is 0.250. The zero-order valence-electron chi connectivity index (χ0n) is 10.4. The van der Waals surface area contributed by atoms with E-state index in [1.165, 1.54) is 7.11 Å². The third-order valence-corrected chi connectivity index (χ3v) is 3.77. The predicted octanol–water partition coefficient (Wildman–Crippen LogP) is 2.76. The summed E-state index contributed by atoms with van der Waals surface area (Å²) < 4.78 is 7.45. The molecule has 1 atom stereocenters. The number of methoxy groups -OCH3 is 1. The Labute approximate surface area is 125 Å². The number of phenolic OH excluding ortho intramolecular Hbond substituents is 1. The van der Waals surface area contributed by atoms with Crippen LogP contribution in [0.4, 0.5) is 0 Å². The maximum atomic E-state index is 11.9. The number of aromatic nitrogens is 1. The maximum Gasteiger partial charge on any atom is 0.329 e. The molecule has 2 rings (SSSR count). The van der Waals surface area contributed by atoms with Gasteiger partial charge in [-0.2, -0.15) is 0 Å². The van der Waals surface area contributed by atoms with Crippen molar-refractivity contribution in [1.82, 2.24) is 4.57 Å². The number of rotatable bonds is 4. The van der Waals surface area contributed by atoms with E-state index in [1.54, 1.807) is 6.07 Å². The van der Waals surface area contributed by atoms with Gasteiger partial charge in [-0.15, -0.1) is 0 Å². The summed E-state index contributed by atoms with van der Waals surface area (Å²) in [5.74, 6) is -0.0285. The van der Waals surface area contributed by atoms with Gasteiger partial charge >= 0.3 is 5.97 Å². The van der Waals surface area contributed by atoms with E-state index < -0.39 is 0 Å². The number of carbonyl (C=O) groups is 1. The SMILES string of the molecule is COC(=O)C(Cc1ccc(O)c(I)c1)n1cccc1. The molecule has 0 radical (unpaired) electrons. The van der Waals surface area contributed by atoms with Crippen LogP contribution in [-0.4, -0.2) is 22.8 Å². The van der Waals surface area contributed by atoms with Gasteiger partial charge in [0.15, 0.2) is 0 Å². The van der Waals surface area contributed by atoms with E-state index in [0.717, 1.165) is 9.13 Å². The van der Waals surface area contributed by atoms with Crippen molar-refractivity contribution in [3.8, 4) is 5.75 Å². The Hall–Kier alpha value is -1.50. The molecule has 1 aromatic carbocycles. The molecule has 4 nitrogen and oxygen atoms in total. The number of esters is 1. The Kier molecular flexibility index (Phi) is 4.47. The molecule has 0 aliphatic carbocycles. The van der Waals surface area contributed by atoms with E-state index in [1.807, 2.05) is 41.2 Å². The second kappa shape index (κ2) is 6.10. The number of hydrogen-bond acceptors (Lipinski definition) is 3. The van der Waals surface area contributed by atoms with Crippen LogP contribution in [0, 0.1) is 3.57 Å². The van der Waals surface area contributed by atoms with Crippen LogP contribution in [-0.2, 0) is 16.0 Å². The summed E-state index contributed by atoms with van der Waals surface area (Å²) in [6, 6.07) is 8.68. The monoisotopic (exact) mass is 371 g/mol. The van der Waals surface area contributed by atoms with Crippen LogP contribution in [0.15, 0.2) is 42.7 Å². The van der Waals surface area contributed by atoms with Gasteiger partial charge in [0.2, 0.25) is 0 Å². The predicted molar refractivity (Wildman–Crippen MR) is 80.0 cm³/mol. The largest absolute Gasteiger partial charge is 0.507 e. The van der Waals surface area contributed by atoms with Gasteiger partial charge in [-0.05, 0) is 52.4 Å². The molecule has 1 heterocycles. The Bertz CT molecular complexity index is 566. The summed E-state index contributed by atoms with van der Waals surface area (Å²) in [6.07, 6.45) is 4.21. The van der Waals surface area contributed by atoms with Crippen molar-refractivity contribution in [1.29, 1.82) is 0 Å². The van der Waals surface area contributed by atoms with Crippen molar-refractivity contribution >= 4 is 28.6 Å². The summed E-state index contributed by atoms with van der Waals surface area (Å²) in [5.41, 5.74) is 0.978. The molecule has 0 saturated heterocycles.